The fraction of sp³-hybridized carbons (Fsp3) is 0.350. The predicted molar refractivity (Wildman–Crippen MR) is 153 cm³/mol. The summed E-state index contributed by atoms with van der Waals surface area (Å²) < 4.78 is 57.6. The Bertz CT molecular complexity index is 1680. The number of ether oxygens (including phenoxy) is 1. The second kappa shape index (κ2) is 14.4. The Morgan fingerprint density at radius 1 is 1.19 bits per heavy atom. The van der Waals surface area contributed by atoms with E-state index in [4.69, 9.17) is 23.3 Å². The molecule has 1 aliphatic heterocycles. The molecule has 23 heteroatoms. The fourth-order valence-electron chi connectivity index (χ4n) is 3.08. The van der Waals surface area contributed by atoms with E-state index in [9.17, 15) is 43.0 Å². The van der Waals surface area contributed by atoms with Gasteiger partial charge in [-0.1, -0.05) is 0 Å². The predicted octanol–water partition coefficient (Wildman–Crippen LogP) is -0.133. The van der Waals surface area contributed by atoms with Crippen LogP contribution >= 0.6 is 44.0 Å². The number of phosphoric ester groups is 1. The molecule has 2 aromatic rings. The van der Waals surface area contributed by atoms with Crippen molar-refractivity contribution in [1.29, 1.82) is 0 Å². The number of nitrogens with two attached hydrogens (primary N) is 1. The number of phosphoric acid groups is 3. The first-order valence-corrected chi connectivity index (χ1v) is 19.5. The molecule has 0 radical (unpaired) electrons. The van der Waals surface area contributed by atoms with Crippen LogP contribution < -0.4 is 21.7 Å². The molecular weight excluding hydrogens is 758 g/mol. The molecule has 1 aromatic heterocycles. The number of carbonyl (C=O) groups excluding carboxylic acids is 1. The van der Waals surface area contributed by atoms with Crippen molar-refractivity contribution < 1.29 is 64.1 Å². The SMILES string of the molecule is CC(N)CC(=O)Oc1cccc(C#Cc2cn(I3CC(O)C(COP(=O)(O)OP(=O)(O)OP(=O)(O)O)O3)c(=O)[nH]c2=O)c1. The summed E-state index contributed by atoms with van der Waals surface area (Å²) in [5.41, 5.74) is 4.07. The molecule has 5 atom stereocenters. The van der Waals surface area contributed by atoms with Gasteiger partial charge in [0.1, 0.15) is 0 Å². The van der Waals surface area contributed by atoms with Crippen molar-refractivity contribution in [1.82, 2.24) is 7.76 Å². The molecule has 43 heavy (non-hydrogen) atoms. The molecule has 1 fully saturated rings. The van der Waals surface area contributed by atoms with E-state index in [0.29, 0.717) is 5.56 Å². The molecule has 0 aliphatic carbocycles. The Morgan fingerprint density at radius 3 is 2.53 bits per heavy atom. The van der Waals surface area contributed by atoms with Crippen molar-refractivity contribution in [3.63, 3.8) is 0 Å². The first-order chi connectivity index (χ1) is 19.8. The number of esters is 1. The Labute approximate surface area is 249 Å². The van der Waals surface area contributed by atoms with Crippen molar-refractivity contribution in [2.75, 3.05) is 11.0 Å². The van der Waals surface area contributed by atoms with Crippen molar-refractivity contribution in [2.24, 2.45) is 5.73 Å². The van der Waals surface area contributed by atoms with Crippen LogP contribution in [0.2, 0.25) is 0 Å². The van der Waals surface area contributed by atoms with Gasteiger partial charge in [-0.15, -0.1) is 0 Å². The number of aromatic amines is 1. The molecule has 238 valence electrons. The second-order valence-corrected chi connectivity index (χ2v) is 17.1. The molecular formula is C20H25IN3O16P3. The van der Waals surface area contributed by atoms with Crippen LogP contribution in [0.4, 0.5) is 0 Å². The summed E-state index contributed by atoms with van der Waals surface area (Å²) in [5, 5.41) is 10.3. The van der Waals surface area contributed by atoms with Gasteiger partial charge in [-0.25, -0.2) is 0 Å². The number of H-pyrrole nitrogens is 1. The van der Waals surface area contributed by atoms with E-state index < -0.39 is 86.1 Å². The first kappa shape index (κ1) is 35.4. The zero-order valence-electron chi connectivity index (χ0n) is 21.7. The molecule has 1 aromatic carbocycles. The summed E-state index contributed by atoms with van der Waals surface area (Å²) in [4.78, 5) is 74.8. The maximum absolute atomic E-state index is 12.5. The topological polar surface area (TPSA) is 296 Å². The van der Waals surface area contributed by atoms with Gasteiger partial charge in [0, 0.05) is 0 Å². The molecule has 0 saturated carbocycles. The number of alkyl halides is 1. The van der Waals surface area contributed by atoms with E-state index in [2.05, 4.69) is 30.0 Å². The average Bonchev–Trinajstić information content (AvgIpc) is 3.19. The van der Waals surface area contributed by atoms with Gasteiger partial charge < -0.3 is 5.73 Å². The Balaban J connectivity index is 1.72. The fourth-order valence-corrected chi connectivity index (χ4v) is 10.8. The van der Waals surface area contributed by atoms with Gasteiger partial charge in [-0.3, -0.25) is 0 Å². The number of benzene rings is 1. The van der Waals surface area contributed by atoms with E-state index in [1.54, 1.807) is 19.1 Å². The molecule has 0 spiro atoms. The van der Waals surface area contributed by atoms with Crippen molar-refractivity contribution in [3.8, 4) is 17.6 Å². The van der Waals surface area contributed by atoms with E-state index in [1.807, 2.05) is 0 Å². The summed E-state index contributed by atoms with van der Waals surface area (Å²) in [7, 11) is -16.8. The van der Waals surface area contributed by atoms with Gasteiger partial charge >= 0.3 is 238 Å². The molecule has 3 rings (SSSR count). The van der Waals surface area contributed by atoms with Gasteiger partial charge in [-0.2, -0.15) is 0 Å². The maximum atomic E-state index is 12.5. The molecule has 8 N–H and O–H groups in total. The summed E-state index contributed by atoms with van der Waals surface area (Å²) in [6.07, 6.45) is -1.60. The molecule has 0 bridgehead atoms. The number of hydrogen-bond donors (Lipinski definition) is 7. The van der Waals surface area contributed by atoms with E-state index >= 15 is 0 Å². The molecule has 5 unspecified atom stereocenters. The van der Waals surface area contributed by atoms with Crippen LogP contribution in [0, 0.1) is 11.8 Å². The molecule has 19 nitrogen and oxygen atoms in total. The molecule has 0 amide bonds. The Hall–Kier alpha value is -2.05. The number of hydrogen-bond acceptors (Lipinski definition) is 13. The Morgan fingerprint density at radius 2 is 1.88 bits per heavy atom. The number of aliphatic hydroxyl groups excluding tert-OH is 1. The quantitative estimate of drug-likeness (QED) is 0.0390. The van der Waals surface area contributed by atoms with Gasteiger partial charge in [0.25, 0.3) is 0 Å². The number of aliphatic hydroxyl groups is 1. The number of aromatic nitrogens is 2. The molecule has 1 aliphatic rings. The monoisotopic (exact) mass is 783 g/mol. The normalized spacial score (nSPS) is 21.2. The first-order valence-electron chi connectivity index (χ1n) is 11.6. The van der Waals surface area contributed by atoms with Crippen molar-refractivity contribution in [2.45, 2.75) is 31.6 Å². The molecule has 1 saturated heterocycles. The third kappa shape index (κ3) is 11.4. The van der Waals surface area contributed by atoms with Crippen LogP contribution in [0.5, 0.6) is 5.75 Å². The second-order valence-electron chi connectivity index (χ2n) is 8.58. The molecule has 2 heterocycles. The summed E-state index contributed by atoms with van der Waals surface area (Å²) in [6.45, 7) is 0.723. The summed E-state index contributed by atoms with van der Waals surface area (Å²) in [5.74, 6) is 4.96. The minimum atomic E-state index is -5.75. The van der Waals surface area contributed by atoms with Crippen molar-refractivity contribution in [3.05, 3.63) is 62.4 Å². The standard InChI is InChI=1S/C20H25IN3O16P3/c1-12(22)7-18(26)37-15-4-2-3-13(8-15)5-6-14-10-24(20(28)23-19(14)27)21-9-16(25)17(38-21)11-36-42(32,33)40-43(34,35)39-41(29,30)31/h2-4,8,10,12,16-17,25H,7,9,11,22H2,1H3,(H,32,33)(H,34,35)(H,23,27,28)(H2,29,30,31). The van der Waals surface area contributed by atoms with Gasteiger partial charge in [0.2, 0.25) is 0 Å². The van der Waals surface area contributed by atoms with Gasteiger partial charge in [0.15, 0.2) is 0 Å². The zero-order valence-corrected chi connectivity index (χ0v) is 26.6. The van der Waals surface area contributed by atoms with Gasteiger partial charge in [0.05, 0.1) is 0 Å². The Kier molecular flexibility index (Phi) is 11.8. The summed E-state index contributed by atoms with van der Waals surface area (Å²) >= 11 is -3.12. The van der Waals surface area contributed by atoms with Crippen molar-refractivity contribution >= 4 is 49.9 Å². The van der Waals surface area contributed by atoms with Crippen LogP contribution in [0.25, 0.3) is 0 Å². The summed E-state index contributed by atoms with van der Waals surface area (Å²) in [6, 6.07) is 5.71. The average molecular weight is 783 g/mol. The minimum absolute atomic E-state index is 0.00565. The number of halogens is 1. The van der Waals surface area contributed by atoms with Crippen LogP contribution in [0.3, 0.4) is 0 Å². The van der Waals surface area contributed by atoms with Crippen LogP contribution in [-0.2, 0) is 34.7 Å². The van der Waals surface area contributed by atoms with Gasteiger partial charge in [-0.05, 0) is 6.92 Å². The third-order valence-corrected chi connectivity index (χ3v) is 13.3. The number of rotatable bonds is 11. The van der Waals surface area contributed by atoms with Crippen LogP contribution in [0.15, 0.2) is 40.1 Å². The third-order valence-electron chi connectivity index (χ3n) is 4.75. The van der Waals surface area contributed by atoms with E-state index in [0.717, 1.165) is 8.98 Å². The van der Waals surface area contributed by atoms with E-state index in [-0.39, 0.29) is 22.2 Å². The number of nitrogens with one attached hydrogen (secondary N) is 1. The number of carbonyl (C=O) groups is 1. The zero-order chi connectivity index (χ0) is 32.2. The number of nitrogens with zero attached hydrogens (tertiary/aromatic N) is 1. The van der Waals surface area contributed by atoms with Crippen LogP contribution in [0.1, 0.15) is 24.5 Å². The van der Waals surface area contributed by atoms with Crippen LogP contribution in [-0.4, -0.2) is 67.7 Å². The van der Waals surface area contributed by atoms with E-state index in [1.165, 1.54) is 12.1 Å².